The average molecular weight is 314 g/mol. The van der Waals surface area contributed by atoms with Crippen LogP contribution < -0.4 is 0 Å². The molecule has 4 aromatic rings. The molecule has 0 fully saturated rings. The molecule has 3 aromatic carbocycles. The number of H-pyrrole nitrogens is 1. The largest absolute Gasteiger partial charge is 0.624 e. The number of aromatic nitrogens is 1. The second-order valence-electron chi connectivity index (χ2n) is 5.95. The Balaban J connectivity index is 1.57. The van der Waals surface area contributed by atoms with Crippen LogP contribution in [-0.2, 0) is 6.42 Å². The van der Waals surface area contributed by atoms with E-state index in [9.17, 15) is 5.21 Å². The Morgan fingerprint density at radius 3 is 2.54 bits per heavy atom. The van der Waals surface area contributed by atoms with Gasteiger partial charge in [-0.05, 0) is 28.5 Å². The first kappa shape index (κ1) is 14.5. The maximum atomic E-state index is 12.3. The molecule has 1 N–H and O–H groups in total. The van der Waals surface area contributed by atoms with Gasteiger partial charge in [0, 0.05) is 29.1 Å². The number of hydrogen-bond donors (Lipinski definition) is 1. The maximum Gasteiger partial charge on any atom is 0.182 e. The van der Waals surface area contributed by atoms with Crippen LogP contribution in [0.25, 0.3) is 21.7 Å². The number of benzene rings is 3. The number of aromatic amines is 1. The van der Waals surface area contributed by atoms with Crippen molar-refractivity contribution >= 4 is 27.9 Å². The third-order valence-corrected chi connectivity index (χ3v) is 4.38. The minimum Gasteiger partial charge on any atom is -0.624 e. The van der Waals surface area contributed by atoms with Gasteiger partial charge in [0.2, 0.25) is 0 Å². The van der Waals surface area contributed by atoms with Gasteiger partial charge in [-0.1, -0.05) is 54.6 Å². The summed E-state index contributed by atoms with van der Waals surface area (Å²) in [6, 6.07) is 22.3. The minimum atomic E-state index is 0.436. The lowest BCUT2D eigenvalue weighted by Crippen LogP contribution is -2.10. The predicted octanol–water partition coefficient (Wildman–Crippen LogP) is 4.49. The van der Waals surface area contributed by atoms with Crippen molar-refractivity contribution in [3.63, 3.8) is 0 Å². The van der Waals surface area contributed by atoms with Gasteiger partial charge < -0.3 is 10.2 Å². The molecule has 118 valence electrons. The lowest BCUT2D eigenvalue weighted by atomic mass is 10.1. The predicted molar refractivity (Wildman–Crippen MR) is 99.6 cm³/mol. The Morgan fingerprint density at radius 1 is 0.875 bits per heavy atom. The van der Waals surface area contributed by atoms with Gasteiger partial charge in [-0.15, -0.1) is 0 Å². The third-order valence-electron chi connectivity index (χ3n) is 4.38. The molecule has 0 aliphatic heterocycles. The highest BCUT2D eigenvalue weighted by molar-refractivity contribution is 5.98. The zero-order chi connectivity index (χ0) is 16.4. The van der Waals surface area contributed by atoms with Crippen molar-refractivity contribution < 1.29 is 4.74 Å². The molecule has 3 nitrogen and oxygen atoms in total. The molecule has 0 saturated carbocycles. The molecular formula is C21H18N2O. The van der Waals surface area contributed by atoms with Crippen LogP contribution in [0.5, 0.6) is 0 Å². The van der Waals surface area contributed by atoms with E-state index in [0.717, 1.165) is 33.0 Å². The summed E-state index contributed by atoms with van der Waals surface area (Å²) >= 11 is 0. The van der Waals surface area contributed by atoms with Crippen LogP contribution in [0.15, 0.2) is 72.9 Å². The van der Waals surface area contributed by atoms with Gasteiger partial charge in [-0.25, -0.2) is 4.74 Å². The van der Waals surface area contributed by atoms with Crippen molar-refractivity contribution in [3.05, 3.63) is 89.3 Å². The lowest BCUT2D eigenvalue weighted by Gasteiger charge is -2.05. The summed E-state index contributed by atoms with van der Waals surface area (Å²) in [7, 11) is 0. The van der Waals surface area contributed by atoms with E-state index in [1.54, 1.807) is 6.21 Å². The number of para-hydroxylation sites is 1. The van der Waals surface area contributed by atoms with Gasteiger partial charge in [-0.2, -0.15) is 0 Å². The summed E-state index contributed by atoms with van der Waals surface area (Å²) in [5.41, 5.74) is 3.25. The van der Waals surface area contributed by atoms with Crippen LogP contribution in [0.4, 0.5) is 0 Å². The van der Waals surface area contributed by atoms with Gasteiger partial charge in [0.1, 0.15) is 0 Å². The number of hydrogen-bond acceptors (Lipinski definition) is 1. The first-order chi connectivity index (χ1) is 11.8. The minimum absolute atomic E-state index is 0.436. The highest BCUT2D eigenvalue weighted by Crippen LogP contribution is 2.19. The first-order valence-electron chi connectivity index (χ1n) is 8.13. The maximum absolute atomic E-state index is 12.3. The molecule has 0 bridgehead atoms. The van der Waals surface area contributed by atoms with Crippen LogP contribution in [0.1, 0.15) is 11.1 Å². The standard InChI is InChI=1S/C21H18N2O/c24-23(13-12-17-14-22-21-11-4-3-10-20(17)21)15-18-8-5-7-16-6-1-2-9-19(16)18/h1-11,14-15,22H,12-13H2/b23-15-. The molecule has 4 rings (SSSR count). The van der Waals surface area contributed by atoms with E-state index in [1.807, 2.05) is 42.6 Å². The summed E-state index contributed by atoms with van der Waals surface area (Å²) in [4.78, 5) is 3.26. The molecule has 3 heteroatoms. The molecule has 0 aliphatic carbocycles. The fourth-order valence-electron chi connectivity index (χ4n) is 3.15. The highest BCUT2D eigenvalue weighted by atomic mass is 16.5. The number of fused-ring (bicyclic) bond motifs is 2. The summed E-state index contributed by atoms with van der Waals surface area (Å²) in [5, 5.41) is 15.8. The van der Waals surface area contributed by atoms with Crippen molar-refractivity contribution in [2.24, 2.45) is 0 Å². The number of nitrogens with zero attached hydrogens (tertiary/aromatic N) is 1. The second kappa shape index (κ2) is 6.20. The van der Waals surface area contributed by atoms with Gasteiger partial charge in [-0.3, -0.25) is 0 Å². The molecule has 0 aliphatic rings. The van der Waals surface area contributed by atoms with Crippen LogP contribution in [0, 0.1) is 5.21 Å². The van der Waals surface area contributed by atoms with Crippen molar-refractivity contribution in [1.29, 1.82) is 0 Å². The van der Waals surface area contributed by atoms with Crippen LogP contribution in [0.2, 0.25) is 0 Å². The Kier molecular flexibility index (Phi) is 3.75. The molecule has 0 atom stereocenters. The van der Waals surface area contributed by atoms with E-state index in [0.29, 0.717) is 6.54 Å². The van der Waals surface area contributed by atoms with E-state index < -0.39 is 0 Å². The van der Waals surface area contributed by atoms with Gasteiger partial charge >= 0.3 is 0 Å². The quantitative estimate of drug-likeness (QED) is 0.256. The van der Waals surface area contributed by atoms with E-state index in [1.165, 1.54) is 10.9 Å². The average Bonchev–Trinajstić information content (AvgIpc) is 3.04. The molecule has 0 amide bonds. The van der Waals surface area contributed by atoms with Crippen molar-refractivity contribution in [2.75, 3.05) is 6.54 Å². The summed E-state index contributed by atoms with van der Waals surface area (Å²) in [6.45, 7) is 0.436. The fourth-order valence-corrected chi connectivity index (χ4v) is 3.15. The monoisotopic (exact) mass is 314 g/mol. The molecule has 0 unspecified atom stereocenters. The Hall–Kier alpha value is -3.07. The lowest BCUT2D eigenvalue weighted by molar-refractivity contribution is -0.451. The second-order valence-corrected chi connectivity index (χ2v) is 5.95. The Morgan fingerprint density at radius 2 is 1.62 bits per heavy atom. The zero-order valence-corrected chi connectivity index (χ0v) is 13.3. The summed E-state index contributed by atoms with van der Waals surface area (Å²) in [5.74, 6) is 0. The molecule has 0 saturated heterocycles. The molecule has 0 radical (unpaired) electrons. The topological polar surface area (TPSA) is 41.9 Å². The van der Waals surface area contributed by atoms with E-state index >= 15 is 0 Å². The van der Waals surface area contributed by atoms with Gasteiger partial charge in [0.05, 0.1) is 0 Å². The molecular weight excluding hydrogens is 296 g/mol. The highest BCUT2D eigenvalue weighted by Gasteiger charge is 2.06. The van der Waals surface area contributed by atoms with E-state index in [2.05, 4.69) is 35.3 Å². The van der Waals surface area contributed by atoms with Gasteiger partial charge in [0.25, 0.3) is 0 Å². The van der Waals surface area contributed by atoms with E-state index in [4.69, 9.17) is 0 Å². The Labute approximate surface area is 140 Å². The molecule has 1 aromatic heterocycles. The van der Waals surface area contributed by atoms with Crippen LogP contribution in [-0.4, -0.2) is 22.5 Å². The van der Waals surface area contributed by atoms with Crippen molar-refractivity contribution in [3.8, 4) is 0 Å². The first-order valence-corrected chi connectivity index (χ1v) is 8.13. The SMILES string of the molecule is [O-]/[N+](=C\c1cccc2ccccc12)CCc1c[nH]c2ccccc12. The summed E-state index contributed by atoms with van der Waals surface area (Å²) < 4.78 is 1.03. The van der Waals surface area contributed by atoms with Crippen LogP contribution in [0.3, 0.4) is 0 Å². The van der Waals surface area contributed by atoms with Gasteiger partial charge in [0.15, 0.2) is 12.8 Å². The van der Waals surface area contributed by atoms with Crippen molar-refractivity contribution in [1.82, 2.24) is 4.98 Å². The van der Waals surface area contributed by atoms with Crippen molar-refractivity contribution in [2.45, 2.75) is 6.42 Å². The smallest absolute Gasteiger partial charge is 0.182 e. The fraction of sp³-hybridized carbons (Fsp3) is 0.0952. The summed E-state index contributed by atoms with van der Waals surface area (Å²) in [6.07, 6.45) is 4.41. The molecule has 1 heterocycles. The normalized spacial score (nSPS) is 12.1. The van der Waals surface area contributed by atoms with E-state index in [-0.39, 0.29) is 0 Å². The third kappa shape index (κ3) is 2.76. The molecule has 0 spiro atoms. The number of rotatable bonds is 4. The Bertz CT molecular complexity index is 1020. The number of nitrogens with one attached hydrogen (secondary N) is 1. The molecule has 24 heavy (non-hydrogen) atoms. The van der Waals surface area contributed by atoms with Crippen LogP contribution >= 0.6 is 0 Å². The number of hydroxylamine groups is 1. The zero-order valence-electron chi connectivity index (χ0n) is 13.3.